The maximum absolute atomic E-state index is 13.1. The zero-order valence-corrected chi connectivity index (χ0v) is 16.3. The van der Waals surface area contributed by atoms with E-state index in [0.29, 0.717) is 29.4 Å². The van der Waals surface area contributed by atoms with E-state index in [4.69, 9.17) is 11.6 Å². The molecular formula is C20H18ClN3O2S. The number of rotatable bonds is 3. The standard InChI is InChI=1S/C20H18ClN3O2S/c1-14-17(21)8-5-9-19(14)27(25,26)24-11-10-18-16(13-24)12-22-20(23-18)15-6-3-2-4-7-15/h2-9,12H,10-11,13H2,1H3. The second-order valence-corrected chi connectivity index (χ2v) is 8.80. The molecule has 0 spiro atoms. The van der Waals surface area contributed by atoms with Crippen molar-refractivity contribution >= 4 is 21.6 Å². The highest BCUT2D eigenvalue weighted by Crippen LogP contribution is 2.29. The Morgan fingerprint density at radius 1 is 1.07 bits per heavy atom. The van der Waals surface area contributed by atoms with Crippen molar-refractivity contribution in [3.05, 3.63) is 76.6 Å². The topological polar surface area (TPSA) is 63.2 Å². The minimum Gasteiger partial charge on any atom is -0.236 e. The molecule has 2 heterocycles. The van der Waals surface area contributed by atoms with Crippen LogP contribution < -0.4 is 0 Å². The monoisotopic (exact) mass is 399 g/mol. The quantitative estimate of drug-likeness (QED) is 0.671. The highest BCUT2D eigenvalue weighted by atomic mass is 35.5. The first-order valence-corrected chi connectivity index (χ1v) is 10.4. The number of sulfonamides is 1. The Hall–Kier alpha value is -2.28. The summed E-state index contributed by atoms with van der Waals surface area (Å²) in [6.45, 7) is 2.37. The zero-order valence-electron chi connectivity index (χ0n) is 14.8. The van der Waals surface area contributed by atoms with E-state index in [1.807, 2.05) is 30.3 Å². The van der Waals surface area contributed by atoms with Gasteiger partial charge in [-0.05, 0) is 24.6 Å². The molecule has 0 N–H and O–H groups in total. The van der Waals surface area contributed by atoms with Gasteiger partial charge in [-0.3, -0.25) is 0 Å². The minimum absolute atomic E-state index is 0.250. The van der Waals surface area contributed by atoms with E-state index in [2.05, 4.69) is 9.97 Å². The van der Waals surface area contributed by atoms with Crippen LogP contribution in [0.2, 0.25) is 5.02 Å². The lowest BCUT2D eigenvalue weighted by atomic mass is 10.1. The largest absolute Gasteiger partial charge is 0.243 e. The fourth-order valence-corrected chi connectivity index (χ4v) is 5.12. The number of hydrogen-bond donors (Lipinski definition) is 0. The molecule has 7 heteroatoms. The Morgan fingerprint density at radius 3 is 2.63 bits per heavy atom. The lowest BCUT2D eigenvalue weighted by Gasteiger charge is -2.28. The van der Waals surface area contributed by atoms with Crippen LogP contribution in [0.5, 0.6) is 0 Å². The summed E-state index contributed by atoms with van der Waals surface area (Å²) in [5, 5.41) is 0.448. The van der Waals surface area contributed by atoms with E-state index >= 15 is 0 Å². The van der Waals surface area contributed by atoms with Gasteiger partial charge in [0.15, 0.2) is 5.82 Å². The van der Waals surface area contributed by atoms with Gasteiger partial charge in [0.05, 0.1) is 10.6 Å². The van der Waals surface area contributed by atoms with Crippen LogP contribution in [0, 0.1) is 6.92 Å². The molecule has 0 saturated heterocycles. The molecule has 4 rings (SSSR count). The van der Waals surface area contributed by atoms with Crippen LogP contribution in [0.4, 0.5) is 0 Å². The van der Waals surface area contributed by atoms with Crippen molar-refractivity contribution < 1.29 is 8.42 Å². The van der Waals surface area contributed by atoms with Gasteiger partial charge < -0.3 is 0 Å². The number of fused-ring (bicyclic) bond motifs is 1. The number of halogens is 1. The summed E-state index contributed by atoms with van der Waals surface area (Å²) in [6.07, 6.45) is 2.29. The fourth-order valence-electron chi connectivity index (χ4n) is 3.23. The molecule has 27 heavy (non-hydrogen) atoms. The number of hydrogen-bond acceptors (Lipinski definition) is 4. The van der Waals surface area contributed by atoms with Gasteiger partial charge in [0, 0.05) is 41.9 Å². The van der Waals surface area contributed by atoms with E-state index in [-0.39, 0.29) is 11.4 Å². The Labute approximate surface area is 163 Å². The van der Waals surface area contributed by atoms with Crippen LogP contribution in [0.15, 0.2) is 59.6 Å². The first-order valence-electron chi connectivity index (χ1n) is 8.62. The van der Waals surface area contributed by atoms with Crippen LogP contribution in [0.3, 0.4) is 0 Å². The molecule has 0 aliphatic carbocycles. The Morgan fingerprint density at radius 2 is 1.85 bits per heavy atom. The highest BCUT2D eigenvalue weighted by molar-refractivity contribution is 7.89. The molecular weight excluding hydrogens is 382 g/mol. The minimum atomic E-state index is -3.63. The summed E-state index contributed by atoms with van der Waals surface area (Å²) in [5.41, 5.74) is 3.26. The van der Waals surface area contributed by atoms with E-state index < -0.39 is 10.0 Å². The zero-order chi connectivity index (χ0) is 19.0. The molecule has 0 radical (unpaired) electrons. The van der Waals surface area contributed by atoms with Crippen molar-refractivity contribution in [2.45, 2.75) is 24.8 Å². The van der Waals surface area contributed by atoms with Gasteiger partial charge in [-0.15, -0.1) is 0 Å². The highest BCUT2D eigenvalue weighted by Gasteiger charge is 2.30. The van der Waals surface area contributed by atoms with Gasteiger partial charge in [-0.1, -0.05) is 48.0 Å². The summed E-state index contributed by atoms with van der Waals surface area (Å²) in [4.78, 5) is 9.33. The SMILES string of the molecule is Cc1c(Cl)cccc1S(=O)(=O)N1CCc2nc(-c3ccccc3)ncc2C1. The Kier molecular flexibility index (Phi) is 4.72. The second-order valence-electron chi connectivity index (χ2n) is 6.48. The van der Waals surface area contributed by atoms with E-state index in [0.717, 1.165) is 16.8 Å². The molecule has 0 fully saturated rings. The van der Waals surface area contributed by atoms with Crippen molar-refractivity contribution in [2.75, 3.05) is 6.54 Å². The number of aromatic nitrogens is 2. The van der Waals surface area contributed by atoms with Gasteiger partial charge in [-0.2, -0.15) is 4.31 Å². The van der Waals surface area contributed by atoms with E-state index in [9.17, 15) is 8.42 Å². The molecule has 1 aliphatic rings. The van der Waals surface area contributed by atoms with Gasteiger partial charge in [-0.25, -0.2) is 18.4 Å². The average molecular weight is 400 g/mol. The molecule has 138 valence electrons. The maximum Gasteiger partial charge on any atom is 0.243 e. The number of benzene rings is 2. The van der Waals surface area contributed by atoms with Gasteiger partial charge >= 0.3 is 0 Å². The van der Waals surface area contributed by atoms with Crippen LogP contribution in [0.1, 0.15) is 16.8 Å². The Balaban J connectivity index is 1.64. The Bertz CT molecular complexity index is 1100. The third-order valence-electron chi connectivity index (χ3n) is 4.77. The lowest BCUT2D eigenvalue weighted by molar-refractivity contribution is 0.386. The molecule has 1 aliphatic heterocycles. The summed E-state index contributed by atoms with van der Waals surface area (Å²) in [6, 6.07) is 14.7. The third-order valence-corrected chi connectivity index (χ3v) is 7.17. The fraction of sp³-hybridized carbons (Fsp3) is 0.200. The maximum atomic E-state index is 13.1. The molecule has 5 nitrogen and oxygen atoms in total. The van der Waals surface area contributed by atoms with Crippen LogP contribution in [-0.2, 0) is 23.0 Å². The summed E-state index contributed by atoms with van der Waals surface area (Å²) >= 11 is 6.11. The lowest BCUT2D eigenvalue weighted by Crippen LogP contribution is -2.36. The van der Waals surface area contributed by atoms with E-state index in [1.165, 1.54) is 4.31 Å². The molecule has 2 aromatic carbocycles. The van der Waals surface area contributed by atoms with Crippen molar-refractivity contribution in [1.29, 1.82) is 0 Å². The predicted octanol–water partition coefficient (Wildman–Crippen LogP) is 3.85. The first kappa shape index (κ1) is 18.1. The van der Waals surface area contributed by atoms with Crippen molar-refractivity contribution in [3.63, 3.8) is 0 Å². The molecule has 0 unspecified atom stereocenters. The summed E-state index contributed by atoms with van der Waals surface area (Å²) < 4.78 is 27.6. The van der Waals surface area contributed by atoms with Crippen molar-refractivity contribution in [1.82, 2.24) is 14.3 Å². The summed E-state index contributed by atoms with van der Waals surface area (Å²) in [7, 11) is -3.63. The average Bonchev–Trinajstić information content (AvgIpc) is 2.69. The smallest absolute Gasteiger partial charge is 0.236 e. The molecule has 0 atom stereocenters. The van der Waals surface area contributed by atoms with Crippen molar-refractivity contribution in [3.8, 4) is 11.4 Å². The predicted molar refractivity (Wildman–Crippen MR) is 105 cm³/mol. The van der Waals surface area contributed by atoms with Gasteiger partial charge in [0.1, 0.15) is 0 Å². The molecule has 1 aromatic heterocycles. The van der Waals surface area contributed by atoms with Gasteiger partial charge in [0.2, 0.25) is 10.0 Å². The first-order chi connectivity index (χ1) is 13.0. The molecule has 3 aromatic rings. The molecule has 0 bridgehead atoms. The van der Waals surface area contributed by atoms with Crippen molar-refractivity contribution in [2.24, 2.45) is 0 Å². The van der Waals surface area contributed by atoms with Crippen LogP contribution in [0.25, 0.3) is 11.4 Å². The third kappa shape index (κ3) is 3.36. The van der Waals surface area contributed by atoms with Gasteiger partial charge in [0.25, 0.3) is 0 Å². The normalized spacial score (nSPS) is 14.7. The molecule has 0 amide bonds. The second kappa shape index (κ2) is 7.03. The number of nitrogens with zero attached hydrogens (tertiary/aromatic N) is 3. The van der Waals surface area contributed by atoms with Crippen LogP contribution in [-0.4, -0.2) is 29.2 Å². The van der Waals surface area contributed by atoms with E-state index in [1.54, 1.807) is 31.3 Å². The summed E-state index contributed by atoms with van der Waals surface area (Å²) in [5.74, 6) is 0.663. The molecule has 0 saturated carbocycles. The van der Waals surface area contributed by atoms with Crippen LogP contribution >= 0.6 is 11.6 Å².